The second-order valence-electron chi connectivity index (χ2n) is 1.79. The van der Waals surface area contributed by atoms with Crippen LogP contribution >= 0.6 is 0 Å². The van der Waals surface area contributed by atoms with Crippen LogP contribution < -0.4 is 0 Å². The maximum absolute atomic E-state index is 9.71. The number of rotatable bonds is 1. The SMILES string of the molecule is [O-]/[N+](O)=C\C1CC1. The molecular formula is C4H7NO2. The Morgan fingerprint density at radius 3 is 2.43 bits per heavy atom. The van der Waals surface area contributed by atoms with Gasteiger partial charge in [-0.15, -0.1) is 0 Å². The van der Waals surface area contributed by atoms with E-state index in [9.17, 15) is 5.21 Å². The third kappa shape index (κ3) is 1.43. The zero-order valence-corrected chi connectivity index (χ0v) is 3.87. The van der Waals surface area contributed by atoms with Crippen molar-refractivity contribution < 1.29 is 10.1 Å². The molecule has 0 bridgehead atoms. The first-order chi connectivity index (χ1) is 3.29. The van der Waals surface area contributed by atoms with Crippen LogP contribution in [0.4, 0.5) is 0 Å². The second-order valence-corrected chi connectivity index (χ2v) is 1.79. The van der Waals surface area contributed by atoms with Gasteiger partial charge >= 0.3 is 0 Å². The molecule has 1 saturated carbocycles. The van der Waals surface area contributed by atoms with Gasteiger partial charge in [0.2, 0.25) is 6.21 Å². The van der Waals surface area contributed by atoms with Crippen LogP contribution in [0.3, 0.4) is 0 Å². The summed E-state index contributed by atoms with van der Waals surface area (Å²) in [5.74, 6) is 0.363. The molecule has 1 rings (SSSR count). The zero-order chi connectivity index (χ0) is 5.28. The van der Waals surface area contributed by atoms with Crippen LogP contribution in [-0.2, 0) is 0 Å². The largest absolute Gasteiger partial charge is 0.418 e. The molecule has 0 aromatic carbocycles. The summed E-state index contributed by atoms with van der Waals surface area (Å²) in [5, 5.41) is 17.7. The van der Waals surface area contributed by atoms with Crippen molar-refractivity contribution in [1.82, 2.24) is 0 Å². The Morgan fingerprint density at radius 1 is 1.71 bits per heavy atom. The van der Waals surface area contributed by atoms with Gasteiger partial charge in [-0.2, -0.15) is 0 Å². The highest BCUT2D eigenvalue weighted by Crippen LogP contribution is 2.25. The van der Waals surface area contributed by atoms with Gasteiger partial charge in [0.25, 0.3) is 0 Å². The fraction of sp³-hybridized carbons (Fsp3) is 0.750. The summed E-state index contributed by atoms with van der Waals surface area (Å²) in [7, 11) is 0. The van der Waals surface area contributed by atoms with E-state index in [2.05, 4.69) is 0 Å². The van der Waals surface area contributed by atoms with Crippen molar-refractivity contribution in [3.8, 4) is 0 Å². The van der Waals surface area contributed by atoms with E-state index in [0.29, 0.717) is 5.92 Å². The molecule has 40 valence electrons. The van der Waals surface area contributed by atoms with Crippen molar-refractivity contribution in [2.75, 3.05) is 0 Å². The molecule has 0 aromatic heterocycles. The summed E-state index contributed by atoms with van der Waals surface area (Å²) in [4.78, 5) is -0.113. The van der Waals surface area contributed by atoms with E-state index in [1.54, 1.807) is 0 Å². The van der Waals surface area contributed by atoms with Gasteiger partial charge in [-0.1, -0.05) is 0 Å². The molecule has 7 heavy (non-hydrogen) atoms. The first-order valence-electron chi connectivity index (χ1n) is 2.29. The number of hydrogen-bond donors (Lipinski definition) is 1. The van der Waals surface area contributed by atoms with E-state index in [0.717, 1.165) is 12.8 Å². The maximum Gasteiger partial charge on any atom is 0.212 e. The Bertz CT molecular complexity index is 91.9. The predicted octanol–water partition coefficient (Wildman–Crippen LogP) is 0.367. The van der Waals surface area contributed by atoms with Crippen LogP contribution in [0.25, 0.3) is 0 Å². The molecule has 0 saturated heterocycles. The van der Waals surface area contributed by atoms with Gasteiger partial charge in [0.05, 0.1) is 0 Å². The minimum absolute atomic E-state index is 0.113. The van der Waals surface area contributed by atoms with E-state index in [1.807, 2.05) is 0 Å². The molecule has 3 heteroatoms. The summed E-state index contributed by atoms with van der Waals surface area (Å²) < 4.78 is 0. The van der Waals surface area contributed by atoms with E-state index < -0.39 is 0 Å². The fourth-order valence-corrected chi connectivity index (χ4v) is 0.426. The standard InChI is InChI=1S/C4H7NO2/c6-5(7)3-4-1-2-4/h3-4H,1-2H2,(H,6,7). The van der Waals surface area contributed by atoms with E-state index in [1.165, 1.54) is 6.21 Å². The summed E-state index contributed by atoms with van der Waals surface area (Å²) in [6, 6.07) is 0. The highest BCUT2D eigenvalue weighted by atomic mass is 16.8. The van der Waals surface area contributed by atoms with Crippen LogP contribution in [0.2, 0.25) is 0 Å². The fourth-order valence-electron chi connectivity index (χ4n) is 0.426. The Morgan fingerprint density at radius 2 is 2.29 bits per heavy atom. The van der Waals surface area contributed by atoms with Crippen molar-refractivity contribution in [3.05, 3.63) is 5.21 Å². The third-order valence-corrected chi connectivity index (χ3v) is 0.960. The van der Waals surface area contributed by atoms with Crippen LogP contribution in [-0.4, -0.2) is 16.3 Å². The molecule has 1 N–H and O–H groups in total. The molecule has 1 aliphatic rings. The van der Waals surface area contributed by atoms with Crippen molar-refractivity contribution in [2.45, 2.75) is 12.8 Å². The molecule has 0 amide bonds. The lowest BCUT2D eigenvalue weighted by Gasteiger charge is -1.80. The van der Waals surface area contributed by atoms with Crippen LogP contribution in [0, 0.1) is 11.1 Å². The minimum atomic E-state index is -0.113. The molecule has 0 aromatic rings. The summed E-state index contributed by atoms with van der Waals surface area (Å²) in [6.45, 7) is 0. The average molecular weight is 101 g/mol. The maximum atomic E-state index is 9.71. The highest BCUT2D eigenvalue weighted by molar-refractivity contribution is 5.58. The molecule has 1 aliphatic carbocycles. The smallest absolute Gasteiger partial charge is 0.212 e. The van der Waals surface area contributed by atoms with Crippen molar-refractivity contribution in [1.29, 1.82) is 0 Å². The molecule has 0 atom stereocenters. The van der Waals surface area contributed by atoms with Crippen molar-refractivity contribution in [3.63, 3.8) is 0 Å². The average Bonchev–Trinajstić information content (AvgIpc) is 2.17. The summed E-state index contributed by atoms with van der Waals surface area (Å²) in [6.07, 6.45) is 3.39. The molecule has 0 aliphatic heterocycles. The number of hydrogen-bond acceptors (Lipinski definition) is 2. The zero-order valence-electron chi connectivity index (χ0n) is 3.87. The Balaban J connectivity index is 2.29. The summed E-state index contributed by atoms with van der Waals surface area (Å²) in [5.41, 5.74) is 0. The van der Waals surface area contributed by atoms with Crippen molar-refractivity contribution in [2.24, 2.45) is 5.92 Å². The Kier molecular flexibility index (Phi) is 0.889. The number of nitrogens with zero attached hydrogens (tertiary/aromatic N) is 1. The lowest BCUT2D eigenvalue weighted by molar-refractivity contribution is -0.723. The van der Waals surface area contributed by atoms with Gasteiger partial charge in [0.15, 0.2) is 0 Å². The lowest BCUT2D eigenvalue weighted by atomic mass is 10.5. The first-order valence-corrected chi connectivity index (χ1v) is 2.29. The molecule has 1 fully saturated rings. The normalized spacial score (nSPS) is 22.6. The quantitative estimate of drug-likeness (QED) is 0.224. The topological polar surface area (TPSA) is 46.3 Å². The third-order valence-electron chi connectivity index (χ3n) is 0.960. The van der Waals surface area contributed by atoms with Gasteiger partial charge in [-0.25, -0.2) is 0 Å². The van der Waals surface area contributed by atoms with E-state index in [-0.39, 0.29) is 4.90 Å². The van der Waals surface area contributed by atoms with Gasteiger partial charge < -0.3 is 5.21 Å². The van der Waals surface area contributed by atoms with Crippen LogP contribution in [0.15, 0.2) is 0 Å². The Labute approximate surface area is 41.4 Å². The minimum Gasteiger partial charge on any atom is -0.418 e. The van der Waals surface area contributed by atoms with E-state index in [4.69, 9.17) is 5.21 Å². The molecule has 0 heterocycles. The van der Waals surface area contributed by atoms with Gasteiger partial charge in [0, 0.05) is 10.8 Å². The second kappa shape index (κ2) is 1.40. The molecular weight excluding hydrogens is 94.0 g/mol. The highest BCUT2D eigenvalue weighted by Gasteiger charge is 2.23. The van der Waals surface area contributed by atoms with Crippen molar-refractivity contribution >= 4 is 6.21 Å². The lowest BCUT2D eigenvalue weighted by Crippen LogP contribution is -1.97. The Hall–Kier alpha value is -0.730. The molecule has 0 spiro atoms. The van der Waals surface area contributed by atoms with E-state index >= 15 is 0 Å². The monoisotopic (exact) mass is 101 g/mol. The van der Waals surface area contributed by atoms with Crippen LogP contribution in [0.1, 0.15) is 12.8 Å². The molecule has 0 unspecified atom stereocenters. The predicted molar refractivity (Wildman–Crippen MR) is 24.2 cm³/mol. The summed E-state index contributed by atoms with van der Waals surface area (Å²) >= 11 is 0. The van der Waals surface area contributed by atoms with Gasteiger partial charge in [-0.3, -0.25) is 5.21 Å². The molecule has 0 radical (unpaired) electrons. The van der Waals surface area contributed by atoms with Crippen LogP contribution in [0.5, 0.6) is 0 Å². The first kappa shape index (κ1) is 4.43. The van der Waals surface area contributed by atoms with Gasteiger partial charge in [-0.05, 0) is 12.8 Å². The molecule has 3 nitrogen and oxygen atoms in total. The van der Waals surface area contributed by atoms with Gasteiger partial charge in [0.1, 0.15) is 0 Å².